The Morgan fingerprint density at radius 1 is 1.18 bits per heavy atom. The van der Waals surface area contributed by atoms with E-state index in [2.05, 4.69) is 10.6 Å². The van der Waals surface area contributed by atoms with Gasteiger partial charge >= 0.3 is 6.03 Å². The van der Waals surface area contributed by atoms with Crippen molar-refractivity contribution in [2.24, 2.45) is 0 Å². The average Bonchev–Trinajstić information content (AvgIpc) is 2.91. The number of anilines is 1. The number of hydrogen-bond donors (Lipinski definition) is 2. The topological polar surface area (TPSA) is 145 Å². The van der Waals surface area contributed by atoms with Crippen molar-refractivity contribution in [1.29, 1.82) is 0 Å². The molecule has 0 unspecified atom stereocenters. The van der Waals surface area contributed by atoms with E-state index in [0.717, 1.165) is 12.1 Å². The van der Waals surface area contributed by atoms with Crippen molar-refractivity contribution in [3.05, 3.63) is 69.9 Å². The number of urea groups is 1. The number of para-hydroxylation sites is 1. The fraction of sp³-hybridized carbons (Fsp3) is 0.0556. The quantitative estimate of drug-likeness (QED) is 0.344. The van der Waals surface area contributed by atoms with Crippen LogP contribution in [0.25, 0.3) is 6.08 Å². The van der Waals surface area contributed by atoms with E-state index in [1.165, 1.54) is 12.1 Å². The molecular formula is C18H13N4O6-. The number of nitro benzene ring substituents is 1. The molecule has 2 aromatic rings. The van der Waals surface area contributed by atoms with E-state index in [-0.39, 0.29) is 11.3 Å². The standard InChI is InChI=1S/C18H14N4O6/c23-15-7-6-11(9-14(15)22(27)28)8-13-17(25)21(18(26)20-13)10-16(24)19-12-4-2-1-3-5-12/h1-9,23H,10H2,(H,19,24)(H,20,26)/p-1/b13-8-. The minimum atomic E-state index is -0.834. The van der Waals surface area contributed by atoms with Gasteiger partial charge in [-0.25, -0.2) is 9.69 Å². The molecule has 1 saturated heterocycles. The second-order valence-corrected chi connectivity index (χ2v) is 5.78. The Morgan fingerprint density at radius 2 is 1.89 bits per heavy atom. The highest BCUT2D eigenvalue weighted by molar-refractivity contribution is 6.15. The SMILES string of the molecule is O=C(CN1C(=O)N/C(=C\c2ccc([O-])c([N+](=O)[O-])c2)C1=O)Nc1ccccc1. The van der Waals surface area contributed by atoms with E-state index < -0.39 is 40.8 Å². The van der Waals surface area contributed by atoms with Gasteiger partial charge in [0.2, 0.25) is 5.91 Å². The van der Waals surface area contributed by atoms with Crippen LogP contribution in [0.1, 0.15) is 5.56 Å². The highest BCUT2D eigenvalue weighted by Crippen LogP contribution is 2.25. The molecule has 2 N–H and O–H groups in total. The Labute approximate surface area is 158 Å². The van der Waals surface area contributed by atoms with Crippen molar-refractivity contribution in [2.45, 2.75) is 0 Å². The van der Waals surface area contributed by atoms with E-state index in [1.807, 2.05) is 0 Å². The average molecular weight is 381 g/mol. The summed E-state index contributed by atoms with van der Waals surface area (Å²) in [4.78, 5) is 47.2. The van der Waals surface area contributed by atoms with Crippen LogP contribution in [0, 0.1) is 10.1 Å². The van der Waals surface area contributed by atoms with Crippen molar-refractivity contribution in [3.8, 4) is 5.75 Å². The van der Waals surface area contributed by atoms with E-state index in [4.69, 9.17) is 0 Å². The van der Waals surface area contributed by atoms with Crippen LogP contribution < -0.4 is 15.7 Å². The van der Waals surface area contributed by atoms with Crippen molar-refractivity contribution in [1.82, 2.24) is 10.2 Å². The number of nitro groups is 1. The van der Waals surface area contributed by atoms with Crippen molar-refractivity contribution in [3.63, 3.8) is 0 Å². The molecule has 4 amide bonds. The normalized spacial score (nSPS) is 14.9. The van der Waals surface area contributed by atoms with Gasteiger partial charge in [-0.05, 0) is 29.5 Å². The predicted octanol–water partition coefficient (Wildman–Crippen LogP) is 1.20. The molecule has 1 aliphatic heterocycles. The molecule has 142 valence electrons. The van der Waals surface area contributed by atoms with Gasteiger partial charge in [-0.15, -0.1) is 0 Å². The Morgan fingerprint density at radius 3 is 2.57 bits per heavy atom. The molecule has 0 saturated carbocycles. The Hall–Kier alpha value is -4.21. The summed E-state index contributed by atoms with van der Waals surface area (Å²) in [5.41, 5.74) is -0.110. The molecule has 10 nitrogen and oxygen atoms in total. The maximum Gasteiger partial charge on any atom is 0.329 e. The summed E-state index contributed by atoms with van der Waals surface area (Å²) < 4.78 is 0. The first-order valence-corrected chi connectivity index (χ1v) is 8.00. The van der Waals surface area contributed by atoms with Gasteiger partial charge in [0.1, 0.15) is 12.2 Å². The molecule has 1 heterocycles. The number of carbonyl (C=O) groups excluding carboxylic acids is 3. The summed E-state index contributed by atoms with van der Waals surface area (Å²) in [6, 6.07) is 11.0. The highest BCUT2D eigenvalue weighted by Gasteiger charge is 2.35. The lowest BCUT2D eigenvalue weighted by molar-refractivity contribution is -0.398. The number of amides is 4. The molecule has 1 aliphatic rings. The van der Waals surface area contributed by atoms with Gasteiger partial charge in [-0.1, -0.05) is 30.3 Å². The van der Waals surface area contributed by atoms with Crippen LogP contribution in [0.15, 0.2) is 54.2 Å². The molecule has 3 rings (SSSR count). The van der Waals surface area contributed by atoms with Crippen LogP contribution in [0.2, 0.25) is 0 Å². The predicted molar refractivity (Wildman–Crippen MR) is 95.8 cm³/mol. The monoisotopic (exact) mass is 381 g/mol. The molecule has 10 heteroatoms. The van der Waals surface area contributed by atoms with E-state index in [9.17, 15) is 29.6 Å². The fourth-order valence-electron chi connectivity index (χ4n) is 2.51. The summed E-state index contributed by atoms with van der Waals surface area (Å²) in [5, 5.41) is 27.1. The first-order chi connectivity index (χ1) is 13.3. The van der Waals surface area contributed by atoms with Gasteiger partial charge in [0.25, 0.3) is 11.6 Å². The van der Waals surface area contributed by atoms with Crippen LogP contribution in [-0.2, 0) is 9.59 Å². The lowest BCUT2D eigenvalue weighted by Crippen LogP contribution is -2.38. The Bertz CT molecular complexity index is 1000. The van der Waals surface area contributed by atoms with Gasteiger partial charge in [-0.3, -0.25) is 19.7 Å². The third-order valence-electron chi connectivity index (χ3n) is 3.81. The van der Waals surface area contributed by atoms with E-state index in [1.54, 1.807) is 30.3 Å². The lowest BCUT2D eigenvalue weighted by atomic mass is 10.1. The smallest absolute Gasteiger partial charge is 0.329 e. The third-order valence-corrected chi connectivity index (χ3v) is 3.81. The molecular weight excluding hydrogens is 368 g/mol. The summed E-state index contributed by atoms with van der Waals surface area (Å²) in [6.45, 7) is -0.503. The van der Waals surface area contributed by atoms with Crippen molar-refractivity contribution >= 4 is 35.3 Å². The second kappa shape index (κ2) is 7.58. The Kier molecular flexibility index (Phi) is 5.03. The second-order valence-electron chi connectivity index (χ2n) is 5.78. The zero-order chi connectivity index (χ0) is 20.3. The molecule has 0 atom stereocenters. The largest absolute Gasteiger partial charge is 0.868 e. The Balaban J connectivity index is 1.74. The minimum Gasteiger partial charge on any atom is -0.868 e. The first-order valence-electron chi connectivity index (χ1n) is 8.00. The molecule has 28 heavy (non-hydrogen) atoms. The lowest BCUT2D eigenvalue weighted by Gasteiger charge is -2.11. The van der Waals surface area contributed by atoms with Crippen LogP contribution in [0.3, 0.4) is 0 Å². The number of nitrogens with zero attached hydrogens (tertiary/aromatic N) is 2. The van der Waals surface area contributed by atoms with E-state index >= 15 is 0 Å². The summed E-state index contributed by atoms with van der Waals surface area (Å²) >= 11 is 0. The number of carbonyl (C=O) groups is 3. The summed E-state index contributed by atoms with van der Waals surface area (Å²) in [5.74, 6) is -2.10. The van der Waals surface area contributed by atoms with Gasteiger partial charge in [0, 0.05) is 11.8 Å². The highest BCUT2D eigenvalue weighted by atomic mass is 16.6. The number of hydrogen-bond acceptors (Lipinski definition) is 6. The molecule has 0 spiro atoms. The molecule has 0 aromatic heterocycles. The number of benzene rings is 2. The maximum atomic E-state index is 12.4. The maximum absolute atomic E-state index is 12.4. The molecule has 0 aliphatic carbocycles. The first kappa shape index (κ1) is 18.6. The third kappa shape index (κ3) is 3.96. The zero-order valence-corrected chi connectivity index (χ0v) is 14.2. The molecule has 2 aromatic carbocycles. The van der Waals surface area contributed by atoms with Crippen LogP contribution in [0.4, 0.5) is 16.2 Å². The van der Waals surface area contributed by atoms with Crippen LogP contribution in [0.5, 0.6) is 5.75 Å². The zero-order valence-electron chi connectivity index (χ0n) is 14.2. The minimum absolute atomic E-state index is 0.162. The van der Waals surface area contributed by atoms with Gasteiger partial charge in [0.05, 0.1) is 4.92 Å². The fourth-order valence-corrected chi connectivity index (χ4v) is 2.51. The molecule has 0 bridgehead atoms. The molecule has 0 radical (unpaired) electrons. The van der Waals surface area contributed by atoms with Gasteiger partial charge in [0.15, 0.2) is 0 Å². The van der Waals surface area contributed by atoms with Gasteiger partial charge < -0.3 is 15.7 Å². The van der Waals surface area contributed by atoms with Gasteiger partial charge in [-0.2, -0.15) is 0 Å². The number of rotatable bonds is 5. The van der Waals surface area contributed by atoms with E-state index in [0.29, 0.717) is 10.6 Å². The number of nitrogens with one attached hydrogen (secondary N) is 2. The summed E-state index contributed by atoms with van der Waals surface area (Å²) in [6.07, 6.45) is 1.20. The van der Waals surface area contributed by atoms with Crippen LogP contribution >= 0.6 is 0 Å². The van der Waals surface area contributed by atoms with Crippen molar-refractivity contribution < 1.29 is 24.4 Å². The van der Waals surface area contributed by atoms with Crippen LogP contribution in [-0.4, -0.2) is 34.2 Å². The van der Waals surface area contributed by atoms with Crippen molar-refractivity contribution in [2.75, 3.05) is 11.9 Å². The number of imide groups is 1. The molecule has 1 fully saturated rings. The summed E-state index contributed by atoms with van der Waals surface area (Å²) in [7, 11) is 0.